The highest BCUT2D eigenvalue weighted by Gasteiger charge is 2.16. The number of carboxylic acids is 1. The smallest absolute Gasteiger partial charge is 0.335 e. The lowest BCUT2D eigenvalue weighted by molar-refractivity contribution is 0.0380. The summed E-state index contributed by atoms with van der Waals surface area (Å²) < 4.78 is 4.77. The summed E-state index contributed by atoms with van der Waals surface area (Å²) in [6, 6.07) is 5.77. The minimum Gasteiger partial charge on any atom is -0.478 e. The first-order chi connectivity index (χ1) is 8.95. The molecule has 1 atom stereocenters. The predicted molar refractivity (Wildman–Crippen MR) is 68.2 cm³/mol. The van der Waals surface area contributed by atoms with Gasteiger partial charge in [0.1, 0.15) is 0 Å². The quantitative estimate of drug-likeness (QED) is 0.782. The van der Waals surface area contributed by atoms with E-state index in [1.807, 2.05) is 0 Å². The van der Waals surface area contributed by atoms with Gasteiger partial charge in [-0.25, -0.2) is 4.79 Å². The third-order valence-electron chi connectivity index (χ3n) is 2.55. The van der Waals surface area contributed by atoms with Gasteiger partial charge in [0.15, 0.2) is 0 Å². The summed E-state index contributed by atoms with van der Waals surface area (Å²) in [6.07, 6.45) is -0.776. The standard InChI is InChI=1S/C13H17NO5/c1-14(7-11(15)8-19-2)12(16)9-4-3-5-10(6-9)13(17)18/h3-6,11,15H,7-8H2,1-2H3,(H,17,18)/t11-/m0/s1. The van der Waals surface area contributed by atoms with Crippen LogP contribution in [0.15, 0.2) is 24.3 Å². The number of aliphatic hydroxyl groups excluding tert-OH is 1. The maximum absolute atomic E-state index is 12.0. The zero-order valence-electron chi connectivity index (χ0n) is 10.9. The normalized spacial score (nSPS) is 11.9. The number of carboxylic acid groups (broad SMARTS) is 1. The second-order valence-electron chi connectivity index (χ2n) is 4.18. The molecule has 19 heavy (non-hydrogen) atoms. The lowest BCUT2D eigenvalue weighted by atomic mass is 10.1. The summed E-state index contributed by atoms with van der Waals surface area (Å²) >= 11 is 0. The fourth-order valence-electron chi connectivity index (χ4n) is 1.65. The average Bonchev–Trinajstić information content (AvgIpc) is 2.38. The van der Waals surface area contributed by atoms with Crippen LogP contribution in [0, 0.1) is 0 Å². The number of aliphatic hydroxyl groups is 1. The molecule has 104 valence electrons. The Kier molecular flexibility index (Phi) is 5.47. The molecule has 0 aliphatic heterocycles. The molecule has 0 saturated carbocycles. The summed E-state index contributed by atoms with van der Waals surface area (Å²) in [5.74, 6) is -1.44. The van der Waals surface area contributed by atoms with Crippen molar-refractivity contribution < 1.29 is 24.5 Å². The summed E-state index contributed by atoms with van der Waals surface area (Å²) in [5, 5.41) is 18.4. The van der Waals surface area contributed by atoms with Crippen LogP contribution in [-0.2, 0) is 4.74 Å². The Morgan fingerprint density at radius 1 is 1.37 bits per heavy atom. The average molecular weight is 267 g/mol. The number of carbonyl (C=O) groups is 2. The van der Waals surface area contributed by atoms with E-state index in [0.29, 0.717) is 0 Å². The molecular weight excluding hydrogens is 250 g/mol. The minimum absolute atomic E-state index is 0.0525. The van der Waals surface area contributed by atoms with E-state index < -0.39 is 12.1 Å². The second kappa shape index (κ2) is 6.86. The Balaban J connectivity index is 2.76. The lowest BCUT2D eigenvalue weighted by Crippen LogP contribution is -2.36. The predicted octanol–water partition coefficient (Wildman–Crippen LogP) is 0.464. The SMILES string of the molecule is COC[C@@H](O)CN(C)C(=O)c1cccc(C(=O)O)c1. The van der Waals surface area contributed by atoms with Gasteiger partial charge in [-0.05, 0) is 18.2 Å². The maximum Gasteiger partial charge on any atom is 0.335 e. The molecule has 1 amide bonds. The van der Waals surface area contributed by atoms with Crippen molar-refractivity contribution in [2.45, 2.75) is 6.10 Å². The van der Waals surface area contributed by atoms with Gasteiger partial charge in [0.2, 0.25) is 0 Å². The fourth-order valence-corrected chi connectivity index (χ4v) is 1.65. The first kappa shape index (κ1) is 15.1. The highest BCUT2D eigenvalue weighted by Crippen LogP contribution is 2.08. The van der Waals surface area contributed by atoms with Crippen LogP contribution in [0.3, 0.4) is 0 Å². The van der Waals surface area contributed by atoms with Crippen LogP contribution < -0.4 is 0 Å². The van der Waals surface area contributed by atoms with Gasteiger partial charge < -0.3 is 19.8 Å². The molecule has 0 radical (unpaired) electrons. The van der Waals surface area contributed by atoms with Crippen molar-refractivity contribution in [2.24, 2.45) is 0 Å². The van der Waals surface area contributed by atoms with Crippen molar-refractivity contribution in [1.82, 2.24) is 4.90 Å². The number of hydrogen-bond acceptors (Lipinski definition) is 4. The molecule has 6 nitrogen and oxygen atoms in total. The highest BCUT2D eigenvalue weighted by atomic mass is 16.5. The largest absolute Gasteiger partial charge is 0.478 e. The number of aromatic carboxylic acids is 1. The number of benzene rings is 1. The van der Waals surface area contributed by atoms with E-state index in [-0.39, 0.29) is 30.2 Å². The number of ether oxygens (including phenoxy) is 1. The van der Waals surface area contributed by atoms with Crippen LogP contribution in [0.25, 0.3) is 0 Å². The van der Waals surface area contributed by atoms with Crippen molar-refractivity contribution in [2.75, 3.05) is 27.3 Å². The van der Waals surface area contributed by atoms with Crippen molar-refractivity contribution >= 4 is 11.9 Å². The summed E-state index contributed by atoms with van der Waals surface area (Å²) in [5.41, 5.74) is 0.323. The number of carbonyl (C=O) groups excluding carboxylic acids is 1. The van der Waals surface area contributed by atoms with Gasteiger partial charge >= 0.3 is 5.97 Å². The van der Waals surface area contributed by atoms with E-state index in [4.69, 9.17) is 9.84 Å². The molecule has 0 saturated heterocycles. The molecule has 0 spiro atoms. The maximum atomic E-state index is 12.0. The van der Waals surface area contributed by atoms with Gasteiger partial charge in [0.25, 0.3) is 5.91 Å². The van der Waals surface area contributed by atoms with Crippen molar-refractivity contribution in [3.63, 3.8) is 0 Å². The van der Waals surface area contributed by atoms with Crippen LogP contribution in [0.5, 0.6) is 0 Å². The molecule has 1 aromatic rings. The highest BCUT2D eigenvalue weighted by molar-refractivity contribution is 5.97. The Bertz CT molecular complexity index is 460. The zero-order chi connectivity index (χ0) is 14.4. The van der Waals surface area contributed by atoms with Crippen LogP contribution in [-0.4, -0.2) is 60.4 Å². The van der Waals surface area contributed by atoms with E-state index in [1.54, 1.807) is 0 Å². The molecular formula is C13H17NO5. The number of amides is 1. The van der Waals surface area contributed by atoms with E-state index in [0.717, 1.165) is 0 Å². The van der Waals surface area contributed by atoms with Gasteiger partial charge in [-0.3, -0.25) is 4.79 Å². The Morgan fingerprint density at radius 3 is 2.58 bits per heavy atom. The van der Waals surface area contributed by atoms with Gasteiger partial charge in [-0.1, -0.05) is 6.07 Å². The number of hydrogen-bond donors (Lipinski definition) is 2. The first-order valence-electron chi connectivity index (χ1n) is 5.71. The van der Waals surface area contributed by atoms with Crippen molar-refractivity contribution in [1.29, 1.82) is 0 Å². The van der Waals surface area contributed by atoms with Crippen molar-refractivity contribution in [3.8, 4) is 0 Å². The monoisotopic (exact) mass is 267 g/mol. The molecule has 0 fully saturated rings. The second-order valence-corrected chi connectivity index (χ2v) is 4.18. The van der Waals surface area contributed by atoms with Gasteiger partial charge in [0.05, 0.1) is 18.3 Å². The molecule has 0 aliphatic rings. The summed E-state index contributed by atoms with van der Waals surface area (Å²) in [6.45, 7) is 0.247. The van der Waals surface area contributed by atoms with Crippen molar-refractivity contribution in [3.05, 3.63) is 35.4 Å². The van der Waals surface area contributed by atoms with Crippen LogP contribution in [0.4, 0.5) is 0 Å². The Labute approximate surface area is 111 Å². The number of nitrogens with zero attached hydrogens (tertiary/aromatic N) is 1. The van der Waals surface area contributed by atoms with E-state index in [1.165, 1.54) is 43.3 Å². The van der Waals surface area contributed by atoms with Crippen LogP contribution in [0.2, 0.25) is 0 Å². The molecule has 1 aromatic carbocycles. The summed E-state index contributed by atoms with van der Waals surface area (Å²) in [4.78, 5) is 24.2. The molecule has 0 aliphatic carbocycles. The Hall–Kier alpha value is -1.92. The van der Waals surface area contributed by atoms with E-state index >= 15 is 0 Å². The summed E-state index contributed by atoms with van der Waals surface area (Å²) in [7, 11) is 3.00. The molecule has 6 heteroatoms. The minimum atomic E-state index is -1.09. The van der Waals surface area contributed by atoms with E-state index in [2.05, 4.69) is 0 Å². The van der Waals surface area contributed by atoms with Gasteiger partial charge in [-0.15, -0.1) is 0 Å². The van der Waals surface area contributed by atoms with Crippen LogP contribution >= 0.6 is 0 Å². The van der Waals surface area contributed by atoms with Gasteiger partial charge in [-0.2, -0.15) is 0 Å². The molecule has 0 heterocycles. The number of rotatable bonds is 6. The molecule has 1 rings (SSSR count). The van der Waals surface area contributed by atoms with Crippen LogP contribution in [0.1, 0.15) is 20.7 Å². The third-order valence-corrected chi connectivity index (χ3v) is 2.55. The van der Waals surface area contributed by atoms with E-state index in [9.17, 15) is 14.7 Å². The zero-order valence-corrected chi connectivity index (χ0v) is 10.9. The molecule has 0 aromatic heterocycles. The lowest BCUT2D eigenvalue weighted by Gasteiger charge is -2.20. The molecule has 0 bridgehead atoms. The molecule has 2 N–H and O–H groups in total. The topological polar surface area (TPSA) is 87.1 Å². The number of methoxy groups -OCH3 is 1. The molecule has 0 unspecified atom stereocenters. The van der Waals surface area contributed by atoms with Gasteiger partial charge in [0, 0.05) is 26.3 Å². The first-order valence-corrected chi connectivity index (χ1v) is 5.71. The number of likely N-dealkylation sites (N-methyl/N-ethyl adjacent to an activating group) is 1. The fraction of sp³-hybridized carbons (Fsp3) is 0.385. The third kappa shape index (κ3) is 4.35. The Morgan fingerprint density at radius 2 is 2.00 bits per heavy atom.